The predicted octanol–water partition coefficient (Wildman–Crippen LogP) is 3.11. The molecule has 0 fully saturated rings. The fraction of sp³-hybridized carbons (Fsp3) is 0.333. The second-order valence-corrected chi connectivity index (χ2v) is 6.31. The first-order chi connectivity index (χ1) is 10.7. The summed E-state index contributed by atoms with van der Waals surface area (Å²) in [7, 11) is 0. The first-order valence-electron chi connectivity index (χ1n) is 7.31. The first-order valence-corrected chi connectivity index (χ1v) is 7.31. The van der Waals surface area contributed by atoms with Crippen LogP contribution in [0.15, 0.2) is 53.1 Å². The largest absolute Gasteiger partial charge is 0.456 e. The van der Waals surface area contributed by atoms with Gasteiger partial charge in [0, 0.05) is 0 Å². The Hall–Kier alpha value is -2.74. The van der Waals surface area contributed by atoms with Crippen molar-refractivity contribution in [2.45, 2.75) is 39.2 Å². The van der Waals surface area contributed by atoms with Gasteiger partial charge in [0.1, 0.15) is 23.0 Å². The van der Waals surface area contributed by atoms with E-state index < -0.39 is 17.5 Å². The van der Waals surface area contributed by atoms with E-state index in [1.165, 1.54) is 0 Å². The van der Waals surface area contributed by atoms with Gasteiger partial charge in [0.05, 0.1) is 11.5 Å². The van der Waals surface area contributed by atoms with Crippen molar-refractivity contribution in [2.24, 2.45) is 5.73 Å². The summed E-state index contributed by atoms with van der Waals surface area (Å²) in [5, 5.41) is 9.47. The highest BCUT2D eigenvalue weighted by molar-refractivity contribution is 5.92. The van der Waals surface area contributed by atoms with Crippen LogP contribution in [-0.4, -0.2) is 11.6 Å². The molecule has 1 atom stereocenters. The Bertz CT molecular complexity index is 719. The van der Waals surface area contributed by atoms with Crippen LogP contribution in [0.3, 0.4) is 0 Å². The lowest BCUT2D eigenvalue weighted by Crippen LogP contribution is -2.30. The van der Waals surface area contributed by atoms with E-state index >= 15 is 0 Å². The zero-order valence-electron chi connectivity index (χ0n) is 13.7. The van der Waals surface area contributed by atoms with Crippen molar-refractivity contribution in [2.75, 3.05) is 0 Å². The normalized spacial score (nSPS) is 18.3. The van der Waals surface area contributed by atoms with Crippen LogP contribution in [0, 0.1) is 11.3 Å². The summed E-state index contributed by atoms with van der Waals surface area (Å²) in [6, 6.07) is 11.3. The van der Waals surface area contributed by atoms with Gasteiger partial charge in [-0.05, 0) is 33.3 Å². The van der Waals surface area contributed by atoms with Crippen LogP contribution in [0.4, 0.5) is 0 Å². The molecule has 0 amide bonds. The smallest absolute Gasteiger partial charge is 0.338 e. The van der Waals surface area contributed by atoms with E-state index in [2.05, 4.69) is 6.07 Å². The molecule has 1 aliphatic heterocycles. The maximum Gasteiger partial charge on any atom is 0.338 e. The number of hydrogen-bond donors (Lipinski definition) is 1. The van der Waals surface area contributed by atoms with Crippen molar-refractivity contribution in [3.63, 3.8) is 0 Å². The van der Waals surface area contributed by atoms with E-state index in [9.17, 15) is 10.1 Å². The number of carbonyl (C=O) groups excluding carboxylic acids is 1. The summed E-state index contributed by atoms with van der Waals surface area (Å²) in [5.74, 6) is -0.732. The summed E-state index contributed by atoms with van der Waals surface area (Å²) < 4.78 is 10.9. The number of ether oxygens (including phenoxy) is 2. The van der Waals surface area contributed by atoms with Gasteiger partial charge in [0.25, 0.3) is 0 Å². The number of esters is 1. The van der Waals surface area contributed by atoms with Gasteiger partial charge in [-0.25, -0.2) is 4.79 Å². The summed E-state index contributed by atoms with van der Waals surface area (Å²) in [4.78, 5) is 12.6. The average molecular weight is 312 g/mol. The highest BCUT2D eigenvalue weighted by Gasteiger charge is 2.37. The molecule has 1 aromatic carbocycles. The zero-order chi connectivity index (χ0) is 17.2. The molecule has 0 saturated carbocycles. The Labute approximate surface area is 136 Å². The molecule has 5 heteroatoms. The van der Waals surface area contributed by atoms with Crippen molar-refractivity contribution in [3.05, 3.63) is 58.7 Å². The third-order valence-electron chi connectivity index (χ3n) is 3.36. The van der Waals surface area contributed by atoms with Crippen LogP contribution in [0.25, 0.3) is 0 Å². The molecular formula is C18H20N2O3. The number of nitriles is 1. The third kappa shape index (κ3) is 3.54. The Morgan fingerprint density at radius 3 is 2.43 bits per heavy atom. The van der Waals surface area contributed by atoms with Crippen molar-refractivity contribution >= 4 is 5.97 Å². The van der Waals surface area contributed by atoms with E-state index in [1.807, 2.05) is 30.3 Å². The minimum absolute atomic E-state index is 0.0196. The molecule has 0 radical (unpaired) electrons. The minimum atomic E-state index is -0.648. The molecule has 0 bridgehead atoms. The molecule has 0 spiro atoms. The van der Waals surface area contributed by atoms with Crippen molar-refractivity contribution in [1.29, 1.82) is 5.26 Å². The molecule has 0 saturated heterocycles. The Kier molecular flexibility index (Phi) is 4.46. The van der Waals surface area contributed by atoms with Gasteiger partial charge in [-0.15, -0.1) is 0 Å². The lowest BCUT2D eigenvalue weighted by atomic mass is 9.83. The van der Waals surface area contributed by atoms with E-state index in [1.54, 1.807) is 27.7 Å². The number of carbonyl (C=O) groups is 1. The Morgan fingerprint density at radius 2 is 1.91 bits per heavy atom. The van der Waals surface area contributed by atoms with Crippen molar-refractivity contribution in [3.8, 4) is 6.07 Å². The predicted molar refractivity (Wildman–Crippen MR) is 85.6 cm³/mol. The van der Waals surface area contributed by atoms with E-state index in [0.29, 0.717) is 11.3 Å². The number of hydrogen-bond acceptors (Lipinski definition) is 5. The average Bonchev–Trinajstić information content (AvgIpc) is 2.45. The number of nitrogens with zero attached hydrogens (tertiary/aromatic N) is 1. The Morgan fingerprint density at radius 1 is 1.30 bits per heavy atom. The molecular weight excluding hydrogens is 292 g/mol. The van der Waals surface area contributed by atoms with Crippen LogP contribution in [0.1, 0.15) is 39.2 Å². The molecule has 1 heterocycles. The molecule has 0 aromatic heterocycles. The maximum absolute atomic E-state index is 12.6. The molecule has 1 unspecified atom stereocenters. The molecule has 1 aliphatic rings. The summed E-state index contributed by atoms with van der Waals surface area (Å²) in [5.41, 5.74) is 6.50. The van der Waals surface area contributed by atoms with Gasteiger partial charge in [0.2, 0.25) is 5.88 Å². The van der Waals surface area contributed by atoms with Gasteiger partial charge in [-0.3, -0.25) is 0 Å². The number of nitrogens with two attached hydrogens (primary N) is 1. The molecule has 1 aromatic rings. The van der Waals surface area contributed by atoms with Crippen LogP contribution >= 0.6 is 0 Å². The van der Waals surface area contributed by atoms with Gasteiger partial charge in [-0.2, -0.15) is 5.26 Å². The first kappa shape index (κ1) is 16.6. The molecule has 2 rings (SSSR count). The fourth-order valence-corrected chi connectivity index (χ4v) is 2.46. The van der Waals surface area contributed by atoms with Crippen molar-refractivity contribution < 1.29 is 14.3 Å². The monoisotopic (exact) mass is 312 g/mol. The Balaban J connectivity index is 2.55. The van der Waals surface area contributed by atoms with Crippen LogP contribution in [-0.2, 0) is 14.3 Å². The lowest BCUT2D eigenvalue weighted by molar-refractivity contribution is -0.150. The van der Waals surface area contributed by atoms with Crippen LogP contribution in [0.5, 0.6) is 0 Å². The second-order valence-electron chi connectivity index (χ2n) is 6.31. The van der Waals surface area contributed by atoms with Crippen molar-refractivity contribution in [1.82, 2.24) is 0 Å². The van der Waals surface area contributed by atoms with Gasteiger partial charge >= 0.3 is 5.97 Å². The summed E-state index contributed by atoms with van der Waals surface area (Å²) in [6.07, 6.45) is 0. The molecule has 0 aliphatic carbocycles. The standard InChI is InChI=1S/C18H20N2O3/c1-11-14(17(21)23-18(2,3)4)15(12-8-6-5-7-9-12)13(10-19)16(20)22-11/h5-9,15H,20H2,1-4H3. The van der Waals surface area contributed by atoms with Crippen LogP contribution in [0.2, 0.25) is 0 Å². The van der Waals surface area contributed by atoms with E-state index in [0.717, 1.165) is 5.56 Å². The van der Waals surface area contributed by atoms with Gasteiger partial charge in [-0.1, -0.05) is 30.3 Å². The third-order valence-corrected chi connectivity index (χ3v) is 3.36. The SMILES string of the molecule is CC1=C(C(=O)OC(C)(C)C)C(c2ccccc2)C(C#N)=C(N)O1. The zero-order valence-corrected chi connectivity index (χ0v) is 13.7. The number of rotatable bonds is 2. The maximum atomic E-state index is 12.6. The molecule has 2 N–H and O–H groups in total. The fourth-order valence-electron chi connectivity index (χ4n) is 2.46. The highest BCUT2D eigenvalue weighted by atomic mass is 16.6. The van der Waals surface area contributed by atoms with Gasteiger partial charge < -0.3 is 15.2 Å². The van der Waals surface area contributed by atoms with E-state index in [-0.39, 0.29) is 11.5 Å². The van der Waals surface area contributed by atoms with E-state index in [4.69, 9.17) is 15.2 Å². The van der Waals surface area contributed by atoms with Gasteiger partial charge in [0.15, 0.2) is 0 Å². The molecule has 120 valence electrons. The molecule has 5 nitrogen and oxygen atoms in total. The topological polar surface area (TPSA) is 85.3 Å². The highest BCUT2D eigenvalue weighted by Crippen LogP contribution is 2.39. The summed E-state index contributed by atoms with van der Waals surface area (Å²) in [6.45, 7) is 7.02. The molecule has 23 heavy (non-hydrogen) atoms. The number of benzene rings is 1. The second kappa shape index (κ2) is 6.17. The lowest BCUT2D eigenvalue weighted by Gasteiger charge is -2.29. The quantitative estimate of drug-likeness (QED) is 0.848. The summed E-state index contributed by atoms with van der Waals surface area (Å²) >= 11 is 0. The minimum Gasteiger partial charge on any atom is -0.456 e. The number of allylic oxidation sites excluding steroid dienone is 2. The van der Waals surface area contributed by atoms with Crippen LogP contribution < -0.4 is 5.73 Å².